The first kappa shape index (κ1) is 23.3. The SMILES string of the molecule is CN=C(NCc1ncc(-c2ccc(C)cc2)o1)N1CCN(Cc2cc(C)on2)CC1.I. The highest BCUT2D eigenvalue weighted by molar-refractivity contribution is 14.0. The third-order valence-corrected chi connectivity index (χ3v) is 5.23. The fraction of sp³-hybridized carbons (Fsp3) is 0.409. The van der Waals surface area contributed by atoms with Gasteiger partial charge in [0.15, 0.2) is 11.7 Å². The van der Waals surface area contributed by atoms with Crippen molar-refractivity contribution < 1.29 is 8.94 Å². The minimum Gasteiger partial charge on any atom is -0.439 e. The maximum Gasteiger partial charge on any atom is 0.214 e. The largest absolute Gasteiger partial charge is 0.439 e. The van der Waals surface area contributed by atoms with Gasteiger partial charge in [-0.3, -0.25) is 9.89 Å². The minimum absolute atomic E-state index is 0. The molecule has 0 amide bonds. The Bertz CT molecular complexity index is 990. The van der Waals surface area contributed by atoms with E-state index in [4.69, 9.17) is 8.94 Å². The fourth-order valence-corrected chi connectivity index (χ4v) is 3.57. The molecular formula is C22H29IN6O2. The molecule has 8 nitrogen and oxygen atoms in total. The molecule has 1 saturated heterocycles. The smallest absolute Gasteiger partial charge is 0.214 e. The predicted octanol–water partition coefficient (Wildman–Crippen LogP) is 3.46. The van der Waals surface area contributed by atoms with Gasteiger partial charge < -0.3 is 19.2 Å². The van der Waals surface area contributed by atoms with E-state index in [9.17, 15) is 0 Å². The Morgan fingerprint density at radius 1 is 1.13 bits per heavy atom. The van der Waals surface area contributed by atoms with E-state index in [0.29, 0.717) is 12.4 Å². The molecule has 0 spiro atoms. The molecule has 1 aromatic carbocycles. The van der Waals surface area contributed by atoms with Crippen molar-refractivity contribution in [2.24, 2.45) is 4.99 Å². The quantitative estimate of drug-likeness (QED) is 0.304. The van der Waals surface area contributed by atoms with E-state index in [1.807, 2.05) is 25.1 Å². The summed E-state index contributed by atoms with van der Waals surface area (Å²) in [6.07, 6.45) is 1.77. The summed E-state index contributed by atoms with van der Waals surface area (Å²) in [5.74, 6) is 3.14. The lowest BCUT2D eigenvalue weighted by Gasteiger charge is -2.36. The van der Waals surface area contributed by atoms with E-state index in [2.05, 4.69) is 49.3 Å². The summed E-state index contributed by atoms with van der Waals surface area (Å²) >= 11 is 0. The van der Waals surface area contributed by atoms with Crippen LogP contribution < -0.4 is 5.32 Å². The van der Waals surface area contributed by atoms with Gasteiger partial charge in [-0.15, -0.1) is 24.0 Å². The molecule has 0 radical (unpaired) electrons. The molecule has 3 heterocycles. The number of guanidine groups is 1. The zero-order chi connectivity index (χ0) is 20.9. The average molecular weight is 536 g/mol. The number of aliphatic imine (C=N–C) groups is 1. The van der Waals surface area contributed by atoms with Gasteiger partial charge in [0.2, 0.25) is 5.89 Å². The standard InChI is InChI=1S/C22H28N6O2.HI/c1-16-4-6-18(7-5-16)20-13-24-21(29-20)14-25-22(23-3)28-10-8-27(9-11-28)15-19-12-17(2)30-26-19;/h4-7,12-13H,8-11,14-15H2,1-3H3,(H,23,25);1H. The molecule has 4 rings (SSSR count). The highest BCUT2D eigenvalue weighted by Crippen LogP contribution is 2.20. The van der Waals surface area contributed by atoms with E-state index >= 15 is 0 Å². The molecule has 0 aliphatic carbocycles. The molecule has 0 bridgehead atoms. The highest BCUT2D eigenvalue weighted by atomic mass is 127. The van der Waals surface area contributed by atoms with Crippen molar-refractivity contribution in [2.45, 2.75) is 26.9 Å². The summed E-state index contributed by atoms with van der Waals surface area (Å²) in [7, 11) is 1.81. The molecule has 1 aliphatic heterocycles. The van der Waals surface area contributed by atoms with Crippen LogP contribution in [0.3, 0.4) is 0 Å². The Morgan fingerprint density at radius 2 is 1.87 bits per heavy atom. The Labute approximate surface area is 199 Å². The number of aromatic nitrogens is 2. The van der Waals surface area contributed by atoms with Crippen LogP contribution >= 0.6 is 24.0 Å². The van der Waals surface area contributed by atoms with Gasteiger partial charge in [0, 0.05) is 51.4 Å². The number of rotatable bonds is 5. The van der Waals surface area contributed by atoms with Crippen LogP contribution in [0.1, 0.15) is 22.9 Å². The van der Waals surface area contributed by atoms with Crippen molar-refractivity contribution in [1.29, 1.82) is 0 Å². The van der Waals surface area contributed by atoms with Crippen molar-refractivity contribution in [2.75, 3.05) is 33.2 Å². The number of nitrogens with one attached hydrogen (secondary N) is 1. The summed E-state index contributed by atoms with van der Waals surface area (Å²) in [6, 6.07) is 10.2. The topological polar surface area (TPSA) is 82.9 Å². The monoisotopic (exact) mass is 536 g/mol. The van der Waals surface area contributed by atoms with E-state index in [1.165, 1.54) is 5.56 Å². The van der Waals surface area contributed by atoms with Gasteiger partial charge in [0.25, 0.3) is 0 Å². The highest BCUT2D eigenvalue weighted by Gasteiger charge is 2.21. The lowest BCUT2D eigenvalue weighted by Crippen LogP contribution is -2.52. The van der Waals surface area contributed by atoms with Gasteiger partial charge in [0.1, 0.15) is 5.76 Å². The number of benzene rings is 1. The predicted molar refractivity (Wildman–Crippen MR) is 130 cm³/mol. The van der Waals surface area contributed by atoms with Crippen LogP contribution in [-0.4, -0.2) is 59.1 Å². The number of aryl methyl sites for hydroxylation is 2. The van der Waals surface area contributed by atoms with E-state index in [1.54, 1.807) is 13.2 Å². The first-order valence-corrected chi connectivity index (χ1v) is 10.2. The molecule has 2 aromatic heterocycles. The van der Waals surface area contributed by atoms with E-state index in [-0.39, 0.29) is 24.0 Å². The molecule has 0 unspecified atom stereocenters. The Morgan fingerprint density at radius 3 is 2.52 bits per heavy atom. The summed E-state index contributed by atoms with van der Waals surface area (Å²) in [4.78, 5) is 13.5. The molecule has 9 heteroatoms. The molecule has 166 valence electrons. The second kappa shape index (κ2) is 10.8. The normalized spacial score (nSPS) is 15.1. The molecular weight excluding hydrogens is 507 g/mol. The summed E-state index contributed by atoms with van der Waals surface area (Å²) in [5.41, 5.74) is 3.24. The molecule has 3 aromatic rings. The van der Waals surface area contributed by atoms with Crippen LogP contribution in [-0.2, 0) is 13.1 Å². The summed E-state index contributed by atoms with van der Waals surface area (Å²) in [5, 5.41) is 7.46. The molecule has 0 atom stereocenters. The van der Waals surface area contributed by atoms with Gasteiger partial charge in [-0.1, -0.05) is 35.0 Å². The van der Waals surface area contributed by atoms with Crippen molar-refractivity contribution in [1.82, 2.24) is 25.3 Å². The van der Waals surface area contributed by atoms with Crippen LogP contribution in [0.25, 0.3) is 11.3 Å². The van der Waals surface area contributed by atoms with Gasteiger partial charge in [-0.2, -0.15) is 0 Å². The maximum atomic E-state index is 5.91. The zero-order valence-corrected chi connectivity index (χ0v) is 20.5. The summed E-state index contributed by atoms with van der Waals surface area (Å²) in [6.45, 7) is 8.99. The van der Waals surface area contributed by atoms with Crippen LogP contribution in [0.2, 0.25) is 0 Å². The fourth-order valence-electron chi connectivity index (χ4n) is 3.57. The van der Waals surface area contributed by atoms with Crippen molar-refractivity contribution >= 4 is 29.9 Å². The van der Waals surface area contributed by atoms with Crippen molar-refractivity contribution in [3.8, 4) is 11.3 Å². The van der Waals surface area contributed by atoms with Crippen LogP contribution in [0.4, 0.5) is 0 Å². The number of piperazine rings is 1. The number of hydrogen-bond acceptors (Lipinski definition) is 6. The lowest BCUT2D eigenvalue weighted by molar-refractivity contribution is 0.168. The lowest BCUT2D eigenvalue weighted by atomic mass is 10.1. The van der Waals surface area contributed by atoms with Crippen LogP contribution in [0.5, 0.6) is 0 Å². The van der Waals surface area contributed by atoms with Gasteiger partial charge in [-0.05, 0) is 13.8 Å². The number of oxazole rings is 1. The minimum atomic E-state index is 0. The average Bonchev–Trinajstić information content (AvgIpc) is 3.39. The molecule has 1 aliphatic rings. The third kappa shape index (κ3) is 6.07. The van der Waals surface area contributed by atoms with Crippen molar-refractivity contribution in [3.05, 3.63) is 59.4 Å². The van der Waals surface area contributed by atoms with Gasteiger partial charge in [-0.25, -0.2) is 4.98 Å². The van der Waals surface area contributed by atoms with Crippen LogP contribution in [0.15, 0.2) is 50.5 Å². The first-order valence-electron chi connectivity index (χ1n) is 10.2. The number of hydrogen-bond donors (Lipinski definition) is 1. The third-order valence-electron chi connectivity index (χ3n) is 5.23. The Kier molecular flexibility index (Phi) is 8.08. The molecule has 1 fully saturated rings. The molecule has 0 saturated carbocycles. The summed E-state index contributed by atoms with van der Waals surface area (Å²) < 4.78 is 11.1. The van der Waals surface area contributed by atoms with Gasteiger partial charge >= 0.3 is 0 Å². The second-order valence-corrected chi connectivity index (χ2v) is 7.58. The Hall–Kier alpha value is -2.40. The molecule has 1 N–H and O–H groups in total. The maximum absolute atomic E-state index is 5.91. The zero-order valence-electron chi connectivity index (χ0n) is 18.2. The second-order valence-electron chi connectivity index (χ2n) is 7.58. The Balaban J connectivity index is 0.00000272. The van der Waals surface area contributed by atoms with E-state index < -0.39 is 0 Å². The van der Waals surface area contributed by atoms with Crippen LogP contribution in [0, 0.1) is 13.8 Å². The number of halogens is 1. The van der Waals surface area contributed by atoms with Crippen molar-refractivity contribution in [3.63, 3.8) is 0 Å². The molecule has 31 heavy (non-hydrogen) atoms. The van der Waals surface area contributed by atoms with Gasteiger partial charge in [0.05, 0.1) is 18.4 Å². The van der Waals surface area contributed by atoms with E-state index in [0.717, 1.165) is 61.5 Å². The number of nitrogens with zero attached hydrogens (tertiary/aromatic N) is 5. The first-order chi connectivity index (χ1) is 14.6.